The molecule has 0 spiro atoms. The number of nitrogens with zero attached hydrogens (tertiary/aromatic N) is 3. The number of thiazole rings is 1. The molecule has 0 N–H and O–H groups in total. The van der Waals surface area contributed by atoms with E-state index in [9.17, 15) is 18.0 Å². The molecule has 0 amide bonds. The number of hydrogen-bond acceptors (Lipinski definition) is 6. The first-order valence-corrected chi connectivity index (χ1v) is 11.1. The molecule has 2 aromatic carbocycles. The van der Waals surface area contributed by atoms with Crippen LogP contribution >= 0.6 is 11.3 Å². The lowest BCUT2D eigenvalue weighted by Gasteiger charge is -2.07. The number of aromatic nitrogens is 3. The van der Waals surface area contributed by atoms with Gasteiger partial charge >= 0.3 is 6.18 Å². The summed E-state index contributed by atoms with van der Waals surface area (Å²) < 4.78 is 51.6. The van der Waals surface area contributed by atoms with Crippen molar-refractivity contribution in [2.24, 2.45) is 0 Å². The molecule has 6 nitrogen and oxygen atoms in total. The summed E-state index contributed by atoms with van der Waals surface area (Å²) in [6.07, 6.45) is -2.92. The topological polar surface area (TPSA) is 69.6 Å². The van der Waals surface area contributed by atoms with Crippen molar-refractivity contribution in [3.05, 3.63) is 86.9 Å². The summed E-state index contributed by atoms with van der Waals surface area (Å²) in [7, 11) is 0. The van der Waals surface area contributed by atoms with Crippen LogP contribution in [0.3, 0.4) is 0 Å². The van der Waals surface area contributed by atoms with Crippen LogP contribution in [-0.4, -0.2) is 21.2 Å². The Kier molecular flexibility index (Phi) is 5.45. The van der Waals surface area contributed by atoms with E-state index >= 15 is 0 Å². The van der Waals surface area contributed by atoms with Gasteiger partial charge in [0.1, 0.15) is 21.8 Å². The van der Waals surface area contributed by atoms with Crippen molar-refractivity contribution in [2.75, 3.05) is 6.61 Å². The molecule has 3 aromatic heterocycles. The van der Waals surface area contributed by atoms with Crippen molar-refractivity contribution in [3.63, 3.8) is 0 Å². The summed E-state index contributed by atoms with van der Waals surface area (Å²) in [4.78, 5) is 17.7. The van der Waals surface area contributed by atoms with Crippen LogP contribution in [0.2, 0.25) is 0 Å². The molecule has 34 heavy (non-hydrogen) atoms. The smallest absolute Gasteiger partial charge is 0.416 e. The van der Waals surface area contributed by atoms with Crippen LogP contribution < -0.4 is 14.8 Å². The van der Waals surface area contributed by atoms with Crippen molar-refractivity contribution >= 4 is 22.4 Å². The number of fused-ring (bicyclic) bond motifs is 1. The van der Waals surface area contributed by atoms with E-state index in [0.29, 0.717) is 33.2 Å². The Morgan fingerprint density at radius 1 is 1.09 bits per heavy atom. The maximum absolute atomic E-state index is 13.0. The molecular formula is C24H16F3N3O3S. The van der Waals surface area contributed by atoms with Gasteiger partial charge in [-0.2, -0.15) is 22.7 Å². The summed E-state index contributed by atoms with van der Waals surface area (Å²) in [5.41, 5.74) is -0.0788. The normalized spacial score (nSPS) is 12.5. The van der Waals surface area contributed by atoms with Crippen molar-refractivity contribution < 1.29 is 22.3 Å². The third-order valence-electron chi connectivity index (χ3n) is 4.98. The largest absolute Gasteiger partial charge is 0.494 e. The Balaban J connectivity index is 1.44. The van der Waals surface area contributed by atoms with E-state index in [1.807, 2.05) is 31.2 Å². The average Bonchev–Trinajstić information content (AvgIpc) is 3.52. The maximum Gasteiger partial charge on any atom is 0.416 e. The van der Waals surface area contributed by atoms with Crippen LogP contribution in [0.5, 0.6) is 5.75 Å². The van der Waals surface area contributed by atoms with Gasteiger partial charge in [-0.25, -0.2) is 0 Å². The molecule has 0 aliphatic rings. The van der Waals surface area contributed by atoms with Gasteiger partial charge in [0.05, 0.1) is 12.2 Å². The van der Waals surface area contributed by atoms with Crippen LogP contribution in [0, 0.1) is 0 Å². The lowest BCUT2D eigenvalue weighted by molar-refractivity contribution is -0.137. The predicted molar refractivity (Wildman–Crippen MR) is 122 cm³/mol. The number of furan rings is 1. The van der Waals surface area contributed by atoms with Gasteiger partial charge in [-0.3, -0.25) is 4.79 Å². The summed E-state index contributed by atoms with van der Waals surface area (Å²) >= 11 is 1.14. The Bertz CT molecular complexity index is 1580. The second-order valence-corrected chi connectivity index (χ2v) is 8.29. The molecule has 0 saturated carbocycles. The molecule has 5 aromatic rings. The number of alkyl halides is 3. The Hall–Kier alpha value is -3.92. The molecular weight excluding hydrogens is 467 g/mol. The average molecular weight is 483 g/mol. The zero-order chi connectivity index (χ0) is 23.9. The molecule has 0 fully saturated rings. The minimum atomic E-state index is -4.45. The molecule has 0 radical (unpaired) electrons. The number of hydrogen-bond donors (Lipinski definition) is 0. The minimum Gasteiger partial charge on any atom is -0.494 e. The molecule has 5 rings (SSSR count). The predicted octanol–water partition coefficient (Wildman–Crippen LogP) is 5.04. The number of benzene rings is 2. The molecule has 0 bridgehead atoms. The monoisotopic (exact) mass is 483 g/mol. The first kappa shape index (κ1) is 21.9. The quantitative estimate of drug-likeness (QED) is 0.350. The number of rotatable bonds is 5. The van der Waals surface area contributed by atoms with Gasteiger partial charge in [0.15, 0.2) is 5.82 Å². The SMILES string of the molecule is CCOc1ccc(-c2nc3sc(=Cc4ccc(-c5cccc(C(F)(F)F)c5)o4)c(=O)n3n2)cc1. The number of halogens is 3. The van der Waals surface area contributed by atoms with Gasteiger partial charge in [-0.1, -0.05) is 23.5 Å². The highest BCUT2D eigenvalue weighted by Crippen LogP contribution is 2.32. The first-order valence-electron chi connectivity index (χ1n) is 10.2. The van der Waals surface area contributed by atoms with E-state index in [-0.39, 0.29) is 11.3 Å². The van der Waals surface area contributed by atoms with Gasteiger partial charge < -0.3 is 9.15 Å². The summed E-state index contributed by atoms with van der Waals surface area (Å²) in [5.74, 6) is 1.75. The van der Waals surface area contributed by atoms with E-state index < -0.39 is 11.7 Å². The standard InChI is InChI=1S/C24H16F3N3O3S/c1-2-32-17-8-6-14(7-9-17)21-28-23-30(29-21)22(31)20(34-23)13-18-10-11-19(33-18)15-4-3-5-16(12-15)24(25,26)27/h3-13H,2H2,1H3. The van der Waals surface area contributed by atoms with Crippen LogP contribution in [0.15, 0.2) is 69.9 Å². The number of ether oxygens (including phenoxy) is 1. The highest BCUT2D eigenvalue weighted by Gasteiger charge is 2.30. The summed E-state index contributed by atoms with van der Waals surface area (Å²) in [5, 5.41) is 4.31. The fourth-order valence-corrected chi connectivity index (χ4v) is 4.27. The Morgan fingerprint density at radius 3 is 2.59 bits per heavy atom. The Morgan fingerprint density at radius 2 is 1.88 bits per heavy atom. The van der Waals surface area contributed by atoms with Crippen LogP contribution in [0.25, 0.3) is 33.7 Å². The van der Waals surface area contributed by atoms with Crippen molar-refractivity contribution in [2.45, 2.75) is 13.1 Å². The third kappa shape index (κ3) is 4.19. The summed E-state index contributed by atoms with van der Waals surface area (Å²) in [6.45, 7) is 2.46. The van der Waals surface area contributed by atoms with Crippen LogP contribution in [0.1, 0.15) is 18.2 Å². The lowest BCUT2D eigenvalue weighted by atomic mass is 10.1. The van der Waals surface area contributed by atoms with Crippen LogP contribution in [0.4, 0.5) is 13.2 Å². The molecule has 0 aliphatic carbocycles. The van der Waals surface area contributed by atoms with Gasteiger partial charge in [-0.05, 0) is 55.5 Å². The molecule has 0 aliphatic heterocycles. The van der Waals surface area contributed by atoms with E-state index in [1.54, 1.807) is 12.1 Å². The highest BCUT2D eigenvalue weighted by atomic mass is 32.1. The minimum absolute atomic E-state index is 0.266. The van der Waals surface area contributed by atoms with Crippen LogP contribution in [-0.2, 0) is 6.18 Å². The molecule has 3 heterocycles. The van der Waals surface area contributed by atoms with Gasteiger partial charge in [-0.15, -0.1) is 5.10 Å². The zero-order valence-corrected chi connectivity index (χ0v) is 18.5. The second-order valence-electron chi connectivity index (χ2n) is 7.28. The second kappa shape index (κ2) is 8.45. The van der Waals surface area contributed by atoms with E-state index in [0.717, 1.165) is 34.8 Å². The van der Waals surface area contributed by atoms with E-state index in [4.69, 9.17) is 9.15 Å². The maximum atomic E-state index is 13.0. The lowest BCUT2D eigenvalue weighted by Crippen LogP contribution is -2.23. The third-order valence-corrected chi connectivity index (χ3v) is 5.94. The van der Waals surface area contributed by atoms with Gasteiger partial charge in [0, 0.05) is 17.2 Å². The molecule has 0 saturated heterocycles. The zero-order valence-electron chi connectivity index (χ0n) is 17.7. The first-order chi connectivity index (χ1) is 16.3. The van der Waals surface area contributed by atoms with Gasteiger partial charge in [0.2, 0.25) is 4.96 Å². The highest BCUT2D eigenvalue weighted by molar-refractivity contribution is 7.15. The van der Waals surface area contributed by atoms with E-state index in [2.05, 4.69) is 10.1 Å². The van der Waals surface area contributed by atoms with E-state index in [1.165, 1.54) is 22.7 Å². The molecule has 0 atom stereocenters. The Labute approximate surface area is 194 Å². The molecule has 0 unspecified atom stereocenters. The van der Waals surface area contributed by atoms with Gasteiger partial charge in [0.25, 0.3) is 5.56 Å². The molecule has 10 heteroatoms. The summed E-state index contributed by atoms with van der Waals surface area (Å²) in [6, 6.07) is 15.3. The fraction of sp³-hybridized carbons (Fsp3) is 0.125. The van der Waals surface area contributed by atoms with Crippen molar-refractivity contribution in [3.8, 4) is 28.5 Å². The molecule has 172 valence electrons. The van der Waals surface area contributed by atoms with Crippen molar-refractivity contribution in [1.82, 2.24) is 14.6 Å². The van der Waals surface area contributed by atoms with Crippen molar-refractivity contribution in [1.29, 1.82) is 0 Å². The fourth-order valence-electron chi connectivity index (χ4n) is 3.39.